The van der Waals surface area contributed by atoms with Crippen molar-refractivity contribution >= 4 is 76.8 Å². The van der Waals surface area contributed by atoms with Gasteiger partial charge in [0.05, 0.1) is 6.10 Å². The van der Waals surface area contributed by atoms with Crippen LogP contribution in [0.15, 0.2) is 9.98 Å². The van der Waals surface area contributed by atoms with Gasteiger partial charge >= 0.3 is 0 Å². The lowest BCUT2D eigenvalue weighted by molar-refractivity contribution is -0.143. The van der Waals surface area contributed by atoms with E-state index in [0.29, 0.717) is 18.6 Å². The number of nitrogens with two attached hydrogens (primary N) is 5. The molecule has 482 valence electrons. The number of nitrogens with zero attached hydrogens (tertiary/aromatic N) is 3. The molecule has 0 spiro atoms. The highest BCUT2D eigenvalue weighted by Crippen LogP contribution is 2.22. The number of likely N-dealkylation sites (tertiary alicyclic amines) is 1. The fraction of sp³-hybridized carbons (Fsp3) is 0.810. The summed E-state index contributed by atoms with van der Waals surface area (Å²) in [7, 11) is 0. The van der Waals surface area contributed by atoms with Gasteiger partial charge in [0.2, 0.25) is 53.2 Å². The summed E-state index contributed by atoms with van der Waals surface area (Å²) in [4.78, 5) is 133. The van der Waals surface area contributed by atoms with E-state index in [-0.39, 0.29) is 101 Å². The summed E-state index contributed by atoms with van der Waals surface area (Å²) < 4.78 is 0. The van der Waals surface area contributed by atoms with Gasteiger partial charge in [0.1, 0.15) is 48.3 Å². The van der Waals surface area contributed by atoms with Crippen LogP contribution in [0.2, 0.25) is 0 Å². The van der Waals surface area contributed by atoms with Gasteiger partial charge in [0.25, 0.3) is 0 Å². The maximum Gasteiger partial charge on any atom is 0.245 e. The largest absolute Gasteiger partial charge is 0.391 e. The number of amides is 9. The van der Waals surface area contributed by atoms with Crippen molar-refractivity contribution in [1.29, 1.82) is 0 Å². The summed E-state index contributed by atoms with van der Waals surface area (Å²) in [5.74, 6) is -6.56. The molecular formula is C58H109N15O10S. The Morgan fingerprint density at radius 1 is 0.548 bits per heavy atom. The van der Waals surface area contributed by atoms with Crippen molar-refractivity contribution in [3.05, 3.63) is 0 Å². The number of primary amides is 1. The molecule has 0 unspecified atom stereocenters. The van der Waals surface area contributed by atoms with Gasteiger partial charge in [-0.15, -0.1) is 0 Å². The standard InChI is InChI=1S/C58H109N15O10S/c1-9-10-11-12-13-14-15-16-17-18-19-20-21-22-23-30-46(75)66-39(6)50(77)67-41(27-24-32-64-57(60)61)51(78)70-44(36-37(2)3)56(83)73-34-26-29-45(73)54(81)68-42(28-25-33-65-58(62)63)52(79)72-48(40(7)74)55(82)69-43(31-35-84-8)53(80)71-47(38(4)5)49(59)76/h37-45,47-48,74H,9-36H2,1-8H3,(H2,59,76)(H,66,75)(H,67,77)(H,68,81)(H,69,82)(H,70,78)(H,71,80)(H,72,79)(H4,60,61,64)(H4,62,63,65)/t39-,40+,41-,42-,43-,44-,45-,47-,48-/m0/s1. The Morgan fingerprint density at radius 2 is 1.00 bits per heavy atom. The zero-order valence-corrected chi connectivity index (χ0v) is 52.7. The highest BCUT2D eigenvalue weighted by Gasteiger charge is 2.41. The van der Waals surface area contributed by atoms with Gasteiger partial charge < -0.3 is 75.9 Å². The predicted molar refractivity (Wildman–Crippen MR) is 331 cm³/mol. The van der Waals surface area contributed by atoms with Crippen LogP contribution in [0.1, 0.15) is 203 Å². The maximum absolute atomic E-state index is 14.6. The number of aliphatic hydroxyl groups excluding tert-OH is 1. The van der Waals surface area contributed by atoms with E-state index in [0.717, 1.165) is 19.3 Å². The van der Waals surface area contributed by atoms with E-state index in [2.05, 4.69) is 54.1 Å². The van der Waals surface area contributed by atoms with E-state index in [9.17, 15) is 48.3 Å². The van der Waals surface area contributed by atoms with Crippen LogP contribution in [0.5, 0.6) is 0 Å². The number of aliphatic imine (C=N–C) groups is 2. The first kappa shape index (κ1) is 76.1. The average molecular weight is 1210 g/mol. The van der Waals surface area contributed by atoms with Gasteiger partial charge in [0.15, 0.2) is 11.9 Å². The zero-order chi connectivity index (χ0) is 63.1. The van der Waals surface area contributed by atoms with Crippen LogP contribution in [0.3, 0.4) is 0 Å². The minimum atomic E-state index is -1.63. The minimum Gasteiger partial charge on any atom is -0.391 e. The second-order valence-electron chi connectivity index (χ2n) is 23.1. The van der Waals surface area contributed by atoms with Crippen molar-refractivity contribution in [2.24, 2.45) is 50.5 Å². The smallest absolute Gasteiger partial charge is 0.245 e. The summed E-state index contributed by atoms with van der Waals surface area (Å²) in [6, 6.07) is -9.63. The Hall–Kier alpha value is -5.92. The van der Waals surface area contributed by atoms with Crippen molar-refractivity contribution in [3.8, 4) is 0 Å². The average Bonchev–Trinajstić information content (AvgIpc) is 4.02. The molecule has 0 bridgehead atoms. The molecule has 1 fully saturated rings. The molecule has 0 saturated carbocycles. The van der Waals surface area contributed by atoms with Gasteiger partial charge in [-0.05, 0) is 95.5 Å². The molecule has 26 heteroatoms. The second-order valence-corrected chi connectivity index (χ2v) is 24.1. The maximum atomic E-state index is 14.6. The van der Waals surface area contributed by atoms with E-state index in [1.165, 1.54) is 101 Å². The van der Waals surface area contributed by atoms with E-state index < -0.39 is 102 Å². The number of aliphatic hydroxyl groups is 1. The third-order valence-corrected chi connectivity index (χ3v) is 15.3. The van der Waals surface area contributed by atoms with Crippen LogP contribution in [0, 0.1) is 11.8 Å². The molecule has 0 aromatic rings. The molecule has 0 aliphatic carbocycles. The van der Waals surface area contributed by atoms with Crippen LogP contribution in [-0.4, -0.2) is 161 Å². The molecular weight excluding hydrogens is 1100 g/mol. The molecule has 9 amide bonds. The number of guanidine groups is 2. The molecule has 1 aliphatic heterocycles. The topological polar surface area (TPSA) is 416 Å². The molecule has 1 rings (SSSR count). The Labute approximate surface area is 504 Å². The summed E-state index contributed by atoms with van der Waals surface area (Å²) in [5.41, 5.74) is 27.7. The van der Waals surface area contributed by atoms with Crippen LogP contribution >= 0.6 is 11.8 Å². The first-order chi connectivity index (χ1) is 39.8. The summed E-state index contributed by atoms with van der Waals surface area (Å²) in [6.07, 6.45) is 19.9. The Kier molecular flexibility index (Phi) is 39.6. The van der Waals surface area contributed by atoms with Gasteiger partial charge in [-0.1, -0.05) is 125 Å². The van der Waals surface area contributed by atoms with Gasteiger partial charge in [-0.3, -0.25) is 53.1 Å². The molecule has 1 aliphatic rings. The highest BCUT2D eigenvalue weighted by atomic mass is 32.2. The van der Waals surface area contributed by atoms with Gasteiger partial charge in [-0.2, -0.15) is 11.8 Å². The normalized spacial score (nSPS) is 15.9. The molecule has 25 nitrogen and oxygen atoms in total. The molecule has 1 heterocycles. The SMILES string of the molecule is CCCCCCCCCCCCCCCCCC(=O)N[C@@H](C)C(=O)N[C@@H](CCCN=C(N)N)C(=O)N[C@@H](CC(C)C)C(=O)N1CCC[C@H]1C(=O)N[C@@H](CCCN=C(N)N)C(=O)N[C@H](C(=O)N[C@@H](CCSC)C(=O)N[C@H](C(N)=O)C(C)C)[C@@H](C)O. The first-order valence-electron chi connectivity index (χ1n) is 30.8. The van der Waals surface area contributed by atoms with Crippen LogP contribution in [0.4, 0.5) is 0 Å². The first-order valence-corrected chi connectivity index (χ1v) is 32.2. The number of rotatable bonds is 46. The van der Waals surface area contributed by atoms with Crippen molar-refractivity contribution in [3.63, 3.8) is 0 Å². The lowest BCUT2D eigenvalue weighted by Gasteiger charge is -2.32. The lowest BCUT2D eigenvalue weighted by Crippen LogP contribution is -2.61. The molecule has 1 saturated heterocycles. The van der Waals surface area contributed by atoms with Crippen molar-refractivity contribution in [2.45, 2.75) is 257 Å². The second kappa shape index (κ2) is 43.7. The number of carbonyl (C=O) groups is 9. The molecule has 0 aromatic carbocycles. The van der Waals surface area contributed by atoms with Crippen LogP contribution in [-0.2, 0) is 43.2 Å². The van der Waals surface area contributed by atoms with Crippen LogP contribution in [0.25, 0.3) is 0 Å². The highest BCUT2D eigenvalue weighted by molar-refractivity contribution is 7.98. The molecule has 84 heavy (non-hydrogen) atoms. The van der Waals surface area contributed by atoms with Crippen molar-refractivity contribution < 1.29 is 48.3 Å². The lowest BCUT2D eigenvalue weighted by atomic mass is 10.0. The van der Waals surface area contributed by atoms with E-state index >= 15 is 0 Å². The molecule has 0 aromatic heterocycles. The fourth-order valence-corrected chi connectivity index (χ4v) is 10.3. The summed E-state index contributed by atoms with van der Waals surface area (Å²) in [6.45, 7) is 12.5. The molecule has 0 radical (unpaired) electrons. The van der Waals surface area contributed by atoms with E-state index in [4.69, 9.17) is 28.7 Å². The zero-order valence-electron chi connectivity index (χ0n) is 51.9. The monoisotopic (exact) mass is 1210 g/mol. The number of carbonyl (C=O) groups excluding carboxylic acids is 9. The molecule has 18 N–H and O–H groups in total. The Bertz CT molecular complexity index is 2070. The van der Waals surface area contributed by atoms with E-state index in [1.807, 2.05) is 13.8 Å². The van der Waals surface area contributed by atoms with Crippen molar-refractivity contribution in [2.75, 3.05) is 31.6 Å². The third kappa shape index (κ3) is 32.4. The number of hydrogen-bond acceptors (Lipinski definition) is 13. The summed E-state index contributed by atoms with van der Waals surface area (Å²) >= 11 is 1.40. The van der Waals surface area contributed by atoms with E-state index in [1.54, 1.807) is 20.1 Å². The minimum absolute atomic E-state index is 0.0597. The van der Waals surface area contributed by atoms with Gasteiger partial charge in [-0.25, -0.2) is 0 Å². The predicted octanol–water partition coefficient (Wildman–Crippen LogP) is 2.08. The number of unbranched alkanes of at least 4 members (excludes halogenated alkanes) is 14. The Morgan fingerprint density at radius 3 is 1.46 bits per heavy atom. The summed E-state index contributed by atoms with van der Waals surface area (Å²) in [5, 5.41) is 29.6. The fourth-order valence-electron chi connectivity index (χ4n) is 9.86. The number of nitrogens with one attached hydrogen (secondary N) is 7. The quantitative estimate of drug-likeness (QED) is 0.0236. The number of thioether (sulfide) groups is 1. The Balaban J connectivity index is 3.19. The molecule has 9 atom stereocenters. The third-order valence-electron chi connectivity index (χ3n) is 14.7. The number of hydrogen-bond donors (Lipinski definition) is 13. The van der Waals surface area contributed by atoms with Crippen molar-refractivity contribution in [1.82, 2.24) is 42.1 Å². The van der Waals surface area contributed by atoms with Crippen LogP contribution < -0.4 is 65.9 Å². The van der Waals surface area contributed by atoms with Gasteiger partial charge in [0, 0.05) is 26.1 Å².